The van der Waals surface area contributed by atoms with Gasteiger partial charge < -0.3 is 10.2 Å². The SMILES string of the molecule is Cc1cc(-c2ccccc2)ccc1-n1cc(C(=O)CNC2CN3CCC2CC3)ccc1=O. The first-order valence-corrected chi connectivity index (χ1v) is 11.5. The minimum Gasteiger partial charge on any atom is -0.305 e. The Hall–Kier alpha value is -3.02. The van der Waals surface area contributed by atoms with Crippen molar-refractivity contribution < 1.29 is 4.79 Å². The number of carbonyl (C=O) groups excluding carboxylic acids is 1. The molecule has 164 valence electrons. The van der Waals surface area contributed by atoms with Crippen LogP contribution in [-0.4, -0.2) is 47.5 Å². The van der Waals surface area contributed by atoms with Crippen molar-refractivity contribution in [3.8, 4) is 16.8 Å². The number of hydrogen-bond donors (Lipinski definition) is 1. The van der Waals surface area contributed by atoms with Crippen molar-refractivity contribution in [2.24, 2.45) is 5.92 Å². The van der Waals surface area contributed by atoms with Gasteiger partial charge in [0.05, 0.1) is 12.2 Å². The molecule has 0 aliphatic carbocycles. The van der Waals surface area contributed by atoms with Crippen LogP contribution in [0.5, 0.6) is 0 Å². The quantitative estimate of drug-likeness (QED) is 0.610. The van der Waals surface area contributed by atoms with Gasteiger partial charge in [-0.1, -0.05) is 36.4 Å². The standard InChI is InChI=1S/C27H29N3O2/c1-19-15-22(20-5-3-2-4-6-20)7-9-25(19)30-17-23(8-10-27(30)32)26(31)16-28-24-18-29-13-11-21(24)12-14-29/h2-10,15,17,21,24,28H,11-14,16,18H2,1H3. The number of nitrogens with zero attached hydrogens (tertiary/aromatic N) is 2. The summed E-state index contributed by atoms with van der Waals surface area (Å²) in [6.45, 7) is 5.70. The highest BCUT2D eigenvalue weighted by molar-refractivity contribution is 5.97. The van der Waals surface area contributed by atoms with Gasteiger partial charge in [-0.25, -0.2) is 0 Å². The maximum Gasteiger partial charge on any atom is 0.255 e. The number of rotatable bonds is 6. The van der Waals surface area contributed by atoms with Crippen molar-refractivity contribution in [2.45, 2.75) is 25.8 Å². The van der Waals surface area contributed by atoms with E-state index in [9.17, 15) is 9.59 Å². The van der Waals surface area contributed by atoms with Crippen molar-refractivity contribution in [2.75, 3.05) is 26.2 Å². The summed E-state index contributed by atoms with van der Waals surface area (Å²) in [6, 6.07) is 19.8. The van der Waals surface area contributed by atoms with E-state index in [1.54, 1.807) is 16.8 Å². The average Bonchev–Trinajstić information content (AvgIpc) is 2.84. The van der Waals surface area contributed by atoms with Gasteiger partial charge in [-0.3, -0.25) is 14.2 Å². The normalized spacial score (nSPS) is 22.1. The minimum absolute atomic E-state index is 0.0220. The molecule has 5 nitrogen and oxygen atoms in total. The highest BCUT2D eigenvalue weighted by Crippen LogP contribution is 2.27. The fourth-order valence-corrected chi connectivity index (χ4v) is 5.10. The number of aromatic nitrogens is 1. The summed E-state index contributed by atoms with van der Waals surface area (Å²) >= 11 is 0. The van der Waals surface area contributed by atoms with Crippen molar-refractivity contribution in [3.63, 3.8) is 0 Å². The summed E-state index contributed by atoms with van der Waals surface area (Å²) in [7, 11) is 0. The van der Waals surface area contributed by atoms with Crippen LogP contribution in [0.4, 0.5) is 0 Å². The summed E-state index contributed by atoms with van der Waals surface area (Å²) in [6.07, 6.45) is 4.12. The molecule has 1 unspecified atom stereocenters. The Morgan fingerprint density at radius 1 is 1.00 bits per heavy atom. The second-order valence-corrected chi connectivity index (χ2v) is 9.04. The minimum atomic E-state index is -0.137. The van der Waals surface area contributed by atoms with Crippen LogP contribution in [0.2, 0.25) is 0 Å². The van der Waals surface area contributed by atoms with Crippen LogP contribution in [0.3, 0.4) is 0 Å². The first-order valence-electron chi connectivity index (χ1n) is 11.5. The third-order valence-corrected chi connectivity index (χ3v) is 6.98. The van der Waals surface area contributed by atoms with Gasteiger partial charge in [0.25, 0.3) is 5.56 Å². The first kappa shape index (κ1) is 20.9. The smallest absolute Gasteiger partial charge is 0.255 e. The number of Topliss-reactive ketones (excluding diaryl/α,β-unsaturated/α-hetero) is 1. The monoisotopic (exact) mass is 427 g/mol. The predicted molar refractivity (Wildman–Crippen MR) is 127 cm³/mol. The lowest BCUT2D eigenvalue weighted by molar-refractivity contribution is 0.0701. The summed E-state index contributed by atoms with van der Waals surface area (Å²) in [5.41, 5.74) is 4.46. The Balaban J connectivity index is 1.34. The number of aryl methyl sites for hydroxylation is 1. The number of benzene rings is 2. The zero-order valence-corrected chi connectivity index (χ0v) is 18.5. The van der Waals surface area contributed by atoms with E-state index in [0.717, 1.165) is 28.9 Å². The van der Waals surface area contributed by atoms with Crippen LogP contribution in [0.1, 0.15) is 28.8 Å². The number of carbonyl (C=O) groups is 1. The van der Waals surface area contributed by atoms with Gasteiger partial charge in [0.1, 0.15) is 0 Å². The summed E-state index contributed by atoms with van der Waals surface area (Å²) in [5, 5.41) is 3.48. The van der Waals surface area contributed by atoms with E-state index >= 15 is 0 Å². The summed E-state index contributed by atoms with van der Waals surface area (Å²) in [5.74, 6) is 0.696. The van der Waals surface area contributed by atoms with Gasteiger partial charge in [0.15, 0.2) is 5.78 Å². The highest BCUT2D eigenvalue weighted by atomic mass is 16.1. The van der Waals surface area contributed by atoms with Crippen molar-refractivity contribution >= 4 is 5.78 Å². The molecule has 3 fully saturated rings. The highest BCUT2D eigenvalue weighted by Gasteiger charge is 2.33. The molecule has 2 bridgehead atoms. The Morgan fingerprint density at radius 3 is 2.47 bits per heavy atom. The molecule has 6 rings (SSSR count). The van der Waals surface area contributed by atoms with Crippen molar-refractivity contribution in [1.29, 1.82) is 0 Å². The number of nitrogens with one attached hydrogen (secondary N) is 1. The number of fused-ring (bicyclic) bond motifs is 3. The van der Waals surface area contributed by atoms with E-state index in [-0.39, 0.29) is 11.3 Å². The Bertz CT molecular complexity index is 1180. The molecule has 3 saturated heterocycles. The van der Waals surface area contributed by atoms with Gasteiger partial charge in [-0.05, 0) is 73.7 Å². The van der Waals surface area contributed by atoms with Crippen LogP contribution in [0.15, 0.2) is 71.7 Å². The average molecular weight is 428 g/mol. The lowest BCUT2D eigenvalue weighted by Gasteiger charge is -2.45. The van der Waals surface area contributed by atoms with E-state index in [0.29, 0.717) is 24.1 Å². The molecule has 1 N–H and O–H groups in total. The Morgan fingerprint density at radius 2 is 1.78 bits per heavy atom. The lowest BCUT2D eigenvalue weighted by atomic mass is 9.84. The fraction of sp³-hybridized carbons (Fsp3) is 0.333. The van der Waals surface area contributed by atoms with Gasteiger partial charge in [-0.15, -0.1) is 0 Å². The molecule has 2 aromatic carbocycles. The molecule has 3 aliphatic heterocycles. The third-order valence-electron chi connectivity index (χ3n) is 6.98. The molecule has 1 aromatic heterocycles. The molecular weight excluding hydrogens is 398 g/mol. The Labute approximate surface area is 188 Å². The van der Waals surface area contributed by atoms with Gasteiger partial charge in [0, 0.05) is 30.4 Å². The molecule has 0 saturated carbocycles. The van der Waals surface area contributed by atoms with Crippen LogP contribution >= 0.6 is 0 Å². The lowest BCUT2D eigenvalue weighted by Crippen LogP contribution is -2.56. The zero-order chi connectivity index (χ0) is 22.1. The molecule has 3 aliphatic rings. The third kappa shape index (κ3) is 4.18. The van der Waals surface area contributed by atoms with E-state index in [1.165, 1.54) is 32.0 Å². The largest absolute Gasteiger partial charge is 0.305 e. The molecule has 0 spiro atoms. The Kier molecular flexibility index (Phi) is 5.77. The van der Waals surface area contributed by atoms with Crippen molar-refractivity contribution in [3.05, 3.63) is 88.3 Å². The number of piperidine rings is 3. The van der Waals surface area contributed by atoms with Crippen molar-refractivity contribution in [1.82, 2.24) is 14.8 Å². The molecule has 1 atom stereocenters. The zero-order valence-electron chi connectivity index (χ0n) is 18.5. The van der Waals surface area contributed by atoms with Crippen LogP contribution < -0.4 is 10.9 Å². The van der Waals surface area contributed by atoms with Gasteiger partial charge in [-0.2, -0.15) is 0 Å². The maximum atomic E-state index is 12.9. The second kappa shape index (κ2) is 8.85. The molecule has 0 radical (unpaired) electrons. The predicted octanol–water partition coefficient (Wildman–Crippen LogP) is 3.68. The first-order chi connectivity index (χ1) is 15.6. The molecule has 4 heterocycles. The summed E-state index contributed by atoms with van der Waals surface area (Å²) in [4.78, 5) is 28.0. The molecule has 3 aromatic rings. The number of hydrogen-bond acceptors (Lipinski definition) is 4. The molecule has 5 heteroatoms. The maximum absolute atomic E-state index is 12.9. The van der Waals surface area contributed by atoms with E-state index in [1.807, 2.05) is 37.3 Å². The topological polar surface area (TPSA) is 54.3 Å². The fourth-order valence-electron chi connectivity index (χ4n) is 5.10. The van der Waals surface area contributed by atoms with E-state index in [2.05, 4.69) is 28.4 Å². The van der Waals surface area contributed by atoms with Crippen LogP contribution in [0.25, 0.3) is 16.8 Å². The second-order valence-electron chi connectivity index (χ2n) is 9.04. The van der Waals surface area contributed by atoms with E-state index in [4.69, 9.17) is 0 Å². The number of pyridine rings is 1. The number of ketones is 1. The molecule has 32 heavy (non-hydrogen) atoms. The van der Waals surface area contributed by atoms with Crippen LogP contribution in [-0.2, 0) is 0 Å². The van der Waals surface area contributed by atoms with Crippen LogP contribution in [0, 0.1) is 12.8 Å². The van der Waals surface area contributed by atoms with E-state index < -0.39 is 0 Å². The summed E-state index contributed by atoms with van der Waals surface area (Å²) < 4.78 is 1.59. The molecule has 0 amide bonds. The van der Waals surface area contributed by atoms with Gasteiger partial charge in [0.2, 0.25) is 0 Å². The molecular formula is C27H29N3O2. The van der Waals surface area contributed by atoms with Gasteiger partial charge >= 0.3 is 0 Å².